The van der Waals surface area contributed by atoms with Crippen molar-refractivity contribution < 1.29 is 13.2 Å². The van der Waals surface area contributed by atoms with Crippen LogP contribution in [0.5, 0.6) is 0 Å². The number of rotatable bonds is 8. The summed E-state index contributed by atoms with van der Waals surface area (Å²) in [6.07, 6.45) is 2.08. The molecule has 1 rings (SSSR count). The molecule has 5 nitrogen and oxygen atoms in total. The van der Waals surface area contributed by atoms with Crippen LogP contribution in [0.15, 0.2) is 24.3 Å². The third-order valence-corrected chi connectivity index (χ3v) is 4.66. The molecule has 6 heteroatoms. The molecule has 0 radical (unpaired) electrons. The number of unbranched alkanes of at least 4 members (excludes halogenated alkanes) is 1. The Hall–Kier alpha value is -1.56. The van der Waals surface area contributed by atoms with Gasteiger partial charge < -0.3 is 11.1 Å². The lowest BCUT2D eigenvalue weighted by atomic mass is 10.2. The van der Waals surface area contributed by atoms with E-state index in [0.29, 0.717) is 24.2 Å². The van der Waals surface area contributed by atoms with Crippen molar-refractivity contribution in [3.8, 4) is 0 Å². The molecule has 0 aromatic heterocycles. The van der Waals surface area contributed by atoms with Gasteiger partial charge in [-0.25, -0.2) is 8.42 Å². The summed E-state index contributed by atoms with van der Waals surface area (Å²) in [7, 11) is -3.02. The number of carbonyl (C=O) groups excluding carboxylic acids is 1. The fourth-order valence-corrected chi connectivity index (χ4v) is 3.28. The van der Waals surface area contributed by atoms with Crippen LogP contribution < -0.4 is 11.1 Å². The number of hydrogen-bond acceptors (Lipinski definition) is 4. The molecule has 0 atom stereocenters. The van der Waals surface area contributed by atoms with Crippen molar-refractivity contribution in [2.24, 2.45) is 0 Å². The van der Waals surface area contributed by atoms with Gasteiger partial charge in [0.25, 0.3) is 0 Å². The Morgan fingerprint density at radius 2 is 1.95 bits per heavy atom. The lowest BCUT2D eigenvalue weighted by Crippen LogP contribution is -2.15. The largest absolute Gasteiger partial charge is 0.399 e. The first-order valence-corrected chi connectivity index (χ1v) is 8.61. The van der Waals surface area contributed by atoms with Gasteiger partial charge in [0.05, 0.1) is 11.5 Å². The van der Waals surface area contributed by atoms with Crippen molar-refractivity contribution in [1.82, 2.24) is 0 Å². The van der Waals surface area contributed by atoms with Crippen LogP contribution in [-0.2, 0) is 14.6 Å². The standard InChI is InChI=1S/C14H22N2O3S/c1-2-3-9-20(18,19)10-5-8-14(17)16-13-7-4-6-12(15)11-13/h4,6-7,11H,2-3,5,8-10,15H2,1H3,(H,16,17). The number of amides is 1. The zero-order valence-electron chi connectivity index (χ0n) is 11.8. The van der Waals surface area contributed by atoms with E-state index in [2.05, 4.69) is 5.32 Å². The summed E-state index contributed by atoms with van der Waals surface area (Å²) >= 11 is 0. The molecular weight excluding hydrogens is 276 g/mol. The number of sulfone groups is 1. The van der Waals surface area contributed by atoms with Crippen LogP contribution in [0, 0.1) is 0 Å². The van der Waals surface area contributed by atoms with Crippen LogP contribution in [0.1, 0.15) is 32.6 Å². The number of hydrogen-bond donors (Lipinski definition) is 2. The highest BCUT2D eigenvalue weighted by Gasteiger charge is 2.11. The maximum Gasteiger partial charge on any atom is 0.224 e. The third kappa shape index (κ3) is 6.56. The second-order valence-corrected chi connectivity index (χ2v) is 7.09. The van der Waals surface area contributed by atoms with Gasteiger partial charge in [-0.2, -0.15) is 0 Å². The summed E-state index contributed by atoms with van der Waals surface area (Å²) < 4.78 is 23.3. The van der Waals surface area contributed by atoms with E-state index in [1.54, 1.807) is 24.3 Å². The number of nitrogens with one attached hydrogen (secondary N) is 1. The molecule has 0 bridgehead atoms. The van der Waals surface area contributed by atoms with E-state index in [9.17, 15) is 13.2 Å². The average molecular weight is 298 g/mol. The van der Waals surface area contributed by atoms with Crippen LogP contribution in [-0.4, -0.2) is 25.8 Å². The second kappa shape index (κ2) is 7.89. The van der Waals surface area contributed by atoms with Crippen LogP contribution in [0.4, 0.5) is 11.4 Å². The minimum absolute atomic E-state index is 0.0668. The Labute approximate surface area is 120 Å². The van der Waals surface area contributed by atoms with Gasteiger partial charge in [0.1, 0.15) is 9.84 Å². The maximum absolute atomic E-state index is 11.7. The molecule has 1 amide bonds. The van der Waals surface area contributed by atoms with Crippen molar-refractivity contribution in [1.29, 1.82) is 0 Å². The third-order valence-electron chi connectivity index (χ3n) is 2.84. The minimum Gasteiger partial charge on any atom is -0.399 e. The molecule has 20 heavy (non-hydrogen) atoms. The van der Waals surface area contributed by atoms with Crippen LogP contribution >= 0.6 is 0 Å². The molecule has 0 spiro atoms. The molecular formula is C14H22N2O3S. The highest BCUT2D eigenvalue weighted by Crippen LogP contribution is 2.12. The molecule has 112 valence electrons. The van der Waals surface area contributed by atoms with Crippen LogP contribution in [0.25, 0.3) is 0 Å². The fraction of sp³-hybridized carbons (Fsp3) is 0.500. The maximum atomic E-state index is 11.7. The normalized spacial score (nSPS) is 11.2. The van der Waals surface area contributed by atoms with Crippen molar-refractivity contribution in [3.63, 3.8) is 0 Å². The summed E-state index contributed by atoms with van der Waals surface area (Å²) in [6.45, 7) is 1.95. The van der Waals surface area contributed by atoms with E-state index < -0.39 is 9.84 Å². The van der Waals surface area contributed by atoms with Crippen LogP contribution in [0.2, 0.25) is 0 Å². The lowest BCUT2D eigenvalue weighted by Gasteiger charge is -2.06. The molecule has 1 aromatic carbocycles. The van der Waals surface area contributed by atoms with Crippen molar-refractivity contribution >= 4 is 27.1 Å². The van der Waals surface area contributed by atoms with Gasteiger partial charge in [-0.05, 0) is 31.0 Å². The quantitative estimate of drug-likeness (QED) is 0.720. The Morgan fingerprint density at radius 1 is 1.25 bits per heavy atom. The monoisotopic (exact) mass is 298 g/mol. The van der Waals surface area contributed by atoms with Gasteiger partial charge in [-0.3, -0.25) is 4.79 Å². The molecule has 0 saturated heterocycles. The summed E-state index contributed by atoms with van der Waals surface area (Å²) in [4.78, 5) is 11.7. The predicted octanol–water partition coefficient (Wildman–Crippen LogP) is 2.20. The smallest absolute Gasteiger partial charge is 0.224 e. The topological polar surface area (TPSA) is 89.3 Å². The van der Waals surface area contributed by atoms with E-state index in [-0.39, 0.29) is 23.8 Å². The Balaban J connectivity index is 2.33. The van der Waals surface area contributed by atoms with Crippen LogP contribution in [0.3, 0.4) is 0 Å². The first-order valence-electron chi connectivity index (χ1n) is 6.79. The molecule has 0 aliphatic rings. The first kappa shape index (κ1) is 16.5. The van der Waals surface area contributed by atoms with Crippen molar-refractivity contribution in [3.05, 3.63) is 24.3 Å². The van der Waals surface area contributed by atoms with Gasteiger partial charge in [-0.1, -0.05) is 19.4 Å². The van der Waals surface area contributed by atoms with Gasteiger partial charge >= 0.3 is 0 Å². The number of benzene rings is 1. The predicted molar refractivity (Wildman–Crippen MR) is 82.3 cm³/mol. The highest BCUT2D eigenvalue weighted by molar-refractivity contribution is 7.91. The molecule has 0 fully saturated rings. The van der Waals surface area contributed by atoms with Gasteiger partial charge in [0, 0.05) is 17.8 Å². The SMILES string of the molecule is CCCCS(=O)(=O)CCCC(=O)Nc1cccc(N)c1. The van der Waals surface area contributed by atoms with Gasteiger partial charge in [0.15, 0.2) is 0 Å². The molecule has 0 aliphatic carbocycles. The molecule has 1 aromatic rings. The Kier molecular flexibility index (Phi) is 6.51. The summed E-state index contributed by atoms with van der Waals surface area (Å²) in [5, 5.41) is 2.70. The molecule has 0 aliphatic heterocycles. The number of carbonyl (C=O) groups is 1. The summed E-state index contributed by atoms with van der Waals surface area (Å²) in [5.74, 6) is 0.0822. The first-order chi connectivity index (χ1) is 9.43. The fourth-order valence-electron chi connectivity index (χ4n) is 1.76. The van der Waals surface area contributed by atoms with E-state index >= 15 is 0 Å². The second-order valence-electron chi connectivity index (χ2n) is 4.78. The number of nitrogens with two attached hydrogens (primary N) is 1. The van der Waals surface area contributed by atoms with E-state index in [0.717, 1.165) is 6.42 Å². The van der Waals surface area contributed by atoms with E-state index in [1.807, 2.05) is 6.92 Å². The lowest BCUT2D eigenvalue weighted by molar-refractivity contribution is -0.116. The van der Waals surface area contributed by atoms with Gasteiger partial charge in [-0.15, -0.1) is 0 Å². The van der Waals surface area contributed by atoms with E-state index in [1.165, 1.54) is 0 Å². The zero-order chi connectivity index (χ0) is 15.0. The molecule has 0 unspecified atom stereocenters. The summed E-state index contributed by atoms with van der Waals surface area (Å²) in [6, 6.07) is 6.89. The summed E-state index contributed by atoms with van der Waals surface area (Å²) in [5.41, 5.74) is 6.81. The van der Waals surface area contributed by atoms with E-state index in [4.69, 9.17) is 5.73 Å². The zero-order valence-corrected chi connectivity index (χ0v) is 12.6. The van der Waals surface area contributed by atoms with Crippen molar-refractivity contribution in [2.75, 3.05) is 22.6 Å². The molecule has 3 N–H and O–H groups in total. The molecule has 0 saturated carbocycles. The average Bonchev–Trinajstić information content (AvgIpc) is 2.36. The number of nitrogen functional groups attached to an aromatic ring is 1. The minimum atomic E-state index is -3.02. The molecule has 0 heterocycles. The Bertz CT molecular complexity index is 541. The highest BCUT2D eigenvalue weighted by atomic mass is 32.2. The van der Waals surface area contributed by atoms with Crippen molar-refractivity contribution in [2.45, 2.75) is 32.6 Å². The Morgan fingerprint density at radius 3 is 2.60 bits per heavy atom. The van der Waals surface area contributed by atoms with Gasteiger partial charge in [0.2, 0.25) is 5.91 Å². The number of anilines is 2.